The Morgan fingerprint density at radius 1 is 1.12 bits per heavy atom. The van der Waals surface area contributed by atoms with Crippen LogP contribution in [0.2, 0.25) is 0 Å². The number of halogens is 4. The van der Waals surface area contributed by atoms with E-state index in [2.05, 4.69) is 11.1 Å². The van der Waals surface area contributed by atoms with Gasteiger partial charge in [0, 0.05) is 50.9 Å². The highest BCUT2D eigenvalue weighted by Crippen LogP contribution is 2.43. The number of rotatable bonds is 3. The van der Waals surface area contributed by atoms with Crippen LogP contribution in [-0.2, 0) is 0 Å². The number of nitriles is 1. The van der Waals surface area contributed by atoms with Crippen LogP contribution in [0.25, 0.3) is 0 Å². The second-order valence-corrected chi connectivity index (χ2v) is 7.75. The van der Waals surface area contributed by atoms with Gasteiger partial charge >= 0.3 is 0 Å². The van der Waals surface area contributed by atoms with Crippen molar-refractivity contribution < 1.29 is 17.6 Å². The van der Waals surface area contributed by atoms with Crippen LogP contribution >= 0.6 is 11.3 Å². The number of hydrogen-bond donors (Lipinski definition) is 0. The molecular formula is C16H19F4N3S. The minimum Gasteiger partial charge on any atom is -0.283 e. The normalized spacial score (nSPS) is 26.0. The SMILES string of the molecule is N#CC(c1cnc(C2CCC(F)(F)CC2)s1)N1CCC(F)(F)CC1. The third kappa shape index (κ3) is 3.89. The van der Waals surface area contributed by atoms with Gasteiger partial charge in [0.1, 0.15) is 6.04 Å². The van der Waals surface area contributed by atoms with Crippen LogP contribution in [0.1, 0.15) is 60.4 Å². The molecule has 2 aliphatic rings. The van der Waals surface area contributed by atoms with Crippen molar-refractivity contribution in [2.75, 3.05) is 13.1 Å². The minimum atomic E-state index is -2.65. The van der Waals surface area contributed by atoms with Crippen molar-refractivity contribution in [3.8, 4) is 6.07 Å². The summed E-state index contributed by atoms with van der Waals surface area (Å²) in [5.41, 5.74) is 0. The summed E-state index contributed by atoms with van der Waals surface area (Å²) >= 11 is 1.36. The maximum absolute atomic E-state index is 13.3. The lowest BCUT2D eigenvalue weighted by atomic mass is 9.87. The van der Waals surface area contributed by atoms with E-state index in [1.807, 2.05) is 0 Å². The Hall–Kier alpha value is -1.20. The molecule has 1 aliphatic carbocycles. The first-order chi connectivity index (χ1) is 11.3. The highest BCUT2D eigenvalue weighted by molar-refractivity contribution is 7.11. The standard InChI is InChI=1S/C16H19F4N3S/c17-15(18)3-1-11(2-4-15)14-22-10-13(24-14)12(9-21)23-7-5-16(19,20)6-8-23/h10-12H,1-8H2. The molecule has 0 amide bonds. The van der Waals surface area contributed by atoms with Gasteiger partial charge in [-0.05, 0) is 12.8 Å². The van der Waals surface area contributed by atoms with E-state index in [9.17, 15) is 22.8 Å². The zero-order chi connectivity index (χ0) is 17.4. The smallest absolute Gasteiger partial charge is 0.250 e. The fourth-order valence-corrected chi connectivity index (χ4v) is 4.51. The van der Waals surface area contributed by atoms with Gasteiger partial charge in [-0.2, -0.15) is 5.26 Å². The summed E-state index contributed by atoms with van der Waals surface area (Å²) in [6.45, 7) is 0.349. The van der Waals surface area contributed by atoms with E-state index in [0.717, 1.165) is 9.88 Å². The molecule has 1 unspecified atom stereocenters. The van der Waals surface area contributed by atoms with Crippen LogP contribution in [0.4, 0.5) is 17.6 Å². The Labute approximate surface area is 142 Å². The average molecular weight is 361 g/mol. The summed E-state index contributed by atoms with van der Waals surface area (Å²) < 4.78 is 53.1. The van der Waals surface area contributed by atoms with Gasteiger partial charge in [-0.15, -0.1) is 11.3 Å². The summed E-state index contributed by atoms with van der Waals surface area (Å²) in [5.74, 6) is -5.22. The second kappa shape index (κ2) is 6.60. The fourth-order valence-electron chi connectivity index (χ4n) is 3.34. The number of alkyl halides is 4. The lowest BCUT2D eigenvalue weighted by Gasteiger charge is -2.33. The maximum atomic E-state index is 13.3. The molecular weight excluding hydrogens is 342 g/mol. The molecule has 2 fully saturated rings. The average Bonchev–Trinajstić information content (AvgIpc) is 2.99. The van der Waals surface area contributed by atoms with E-state index in [1.54, 1.807) is 11.1 Å². The van der Waals surface area contributed by atoms with E-state index in [0.29, 0.717) is 12.8 Å². The molecule has 24 heavy (non-hydrogen) atoms. The van der Waals surface area contributed by atoms with Gasteiger partial charge in [0.2, 0.25) is 5.92 Å². The van der Waals surface area contributed by atoms with Crippen LogP contribution in [0.15, 0.2) is 6.20 Å². The van der Waals surface area contributed by atoms with Crippen molar-refractivity contribution in [2.45, 2.75) is 62.3 Å². The zero-order valence-electron chi connectivity index (χ0n) is 13.2. The Morgan fingerprint density at radius 2 is 1.71 bits per heavy atom. The van der Waals surface area contributed by atoms with Crippen molar-refractivity contribution in [1.29, 1.82) is 5.26 Å². The molecule has 8 heteroatoms. The molecule has 3 rings (SSSR count). The fraction of sp³-hybridized carbons (Fsp3) is 0.750. The van der Waals surface area contributed by atoms with Crippen molar-refractivity contribution in [1.82, 2.24) is 9.88 Å². The molecule has 1 saturated carbocycles. The lowest BCUT2D eigenvalue weighted by molar-refractivity contribution is -0.0593. The summed E-state index contributed by atoms with van der Waals surface area (Å²) in [5, 5.41) is 10.2. The van der Waals surface area contributed by atoms with Gasteiger partial charge < -0.3 is 0 Å². The van der Waals surface area contributed by atoms with Crippen LogP contribution in [0.5, 0.6) is 0 Å². The predicted molar refractivity (Wildman–Crippen MR) is 82.4 cm³/mol. The summed E-state index contributed by atoms with van der Waals surface area (Å²) in [4.78, 5) is 6.80. The van der Waals surface area contributed by atoms with Gasteiger partial charge in [0.15, 0.2) is 0 Å². The maximum Gasteiger partial charge on any atom is 0.250 e. The summed E-state index contributed by atoms with van der Waals surface area (Å²) in [6, 6.07) is 1.59. The first-order valence-electron chi connectivity index (χ1n) is 8.15. The molecule has 0 bridgehead atoms. The van der Waals surface area contributed by atoms with Gasteiger partial charge in [-0.25, -0.2) is 22.5 Å². The van der Waals surface area contributed by atoms with Crippen molar-refractivity contribution >= 4 is 11.3 Å². The molecule has 132 valence electrons. The third-order valence-electron chi connectivity index (χ3n) is 4.89. The highest BCUT2D eigenvalue weighted by atomic mass is 32.1. The highest BCUT2D eigenvalue weighted by Gasteiger charge is 2.38. The summed E-state index contributed by atoms with van der Waals surface area (Å²) in [7, 11) is 0. The number of likely N-dealkylation sites (tertiary alicyclic amines) is 1. The molecule has 0 N–H and O–H groups in total. The number of hydrogen-bond acceptors (Lipinski definition) is 4. The first-order valence-corrected chi connectivity index (χ1v) is 8.96. The molecule has 1 atom stereocenters. The molecule has 1 aliphatic heterocycles. The summed E-state index contributed by atoms with van der Waals surface area (Å²) in [6.07, 6.45) is 1.65. The molecule has 3 nitrogen and oxygen atoms in total. The quantitative estimate of drug-likeness (QED) is 0.731. The van der Waals surface area contributed by atoms with Gasteiger partial charge in [-0.3, -0.25) is 4.90 Å². The zero-order valence-corrected chi connectivity index (χ0v) is 14.0. The predicted octanol–water partition coefficient (Wildman–Crippen LogP) is 4.73. The Kier molecular flexibility index (Phi) is 4.85. The van der Waals surface area contributed by atoms with Gasteiger partial charge in [0.05, 0.1) is 16.0 Å². The first kappa shape index (κ1) is 17.6. The number of nitrogens with zero attached hydrogens (tertiary/aromatic N) is 3. The molecule has 2 heterocycles. The number of aromatic nitrogens is 1. The molecule has 0 radical (unpaired) electrons. The van der Waals surface area contributed by atoms with Crippen LogP contribution in [0.3, 0.4) is 0 Å². The van der Waals surface area contributed by atoms with Crippen molar-refractivity contribution in [3.63, 3.8) is 0 Å². The molecule has 1 aromatic rings. The van der Waals surface area contributed by atoms with E-state index < -0.39 is 17.9 Å². The van der Waals surface area contributed by atoms with Crippen LogP contribution in [0, 0.1) is 11.3 Å². The van der Waals surface area contributed by atoms with E-state index in [4.69, 9.17) is 0 Å². The van der Waals surface area contributed by atoms with Crippen LogP contribution < -0.4 is 0 Å². The molecule has 1 aromatic heterocycles. The third-order valence-corrected chi connectivity index (χ3v) is 6.11. The topological polar surface area (TPSA) is 39.9 Å². The van der Waals surface area contributed by atoms with E-state index >= 15 is 0 Å². The van der Waals surface area contributed by atoms with Gasteiger partial charge in [-0.1, -0.05) is 0 Å². The molecule has 1 saturated heterocycles. The Bertz CT molecular complexity index is 605. The lowest BCUT2D eigenvalue weighted by Crippen LogP contribution is -2.40. The Balaban J connectivity index is 1.67. The van der Waals surface area contributed by atoms with Crippen LogP contribution in [-0.4, -0.2) is 34.8 Å². The molecule has 0 aromatic carbocycles. The number of thiazole rings is 1. The second-order valence-electron chi connectivity index (χ2n) is 6.65. The largest absolute Gasteiger partial charge is 0.283 e. The van der Waals surface area contributed by atoms with E-state index in [1.165, 1.54) is 11.3 Å². The number of piperidine rings is 1. The monoisotopic (exact) mass is 361 g/mol. The van der Waals surface area contributed by atoms with E-state index in [-0.39, 0.29) is 44.7 Å². The van der Waals surface area contributed by atoms with Crippen molar-refractivity contribution in [2.24, 2.45) is 0 Å². The molecule has 0 spiro atoms. The Morgan fingerprint density at radius 3 is 2.29 bits per heavy atom. The minimum absolute atomic E-state index is 0.00778. The van der Waals surface area contributed by atoms with Crippen molar-refractivity contribution in [3.05, 3.63) is 16.1 Å². The van der Waals surface area contributed by atoms with Gasteiger partial charge in [0.25, 0.3) is 5.92 Å².